The Labute approximate surface area is 94.5 Å². The number of hydrogen-bond acceptors (Lipinski definition) is 3. The zero-order valence-corrected chi connectivity index (χ0v) is 9.64. The van der Waals surface area contributed by atoms with Gasteiger partial charge >= 0.3 is 0 Å². The number of nitrogens with zero attached hydrogens (tertiary/aromatic N) is 3. The maximum absolute atomic E-state index is 5.99. The van der Waals surface area contributed by atoms with E-state index in [1.165, 1.54) is 12.8 Å². The Morgan fingerprint density at radius 1 is 1.50 bits per heavy atom. The highest BCUT2D eigenvalue weighted by Gasteiger charge is 2.30. The minimum Gasteiger partial charge on any atom is -0.384 e. The number of rotatable bonds is 2. The van der Waals surface area contributed by atoms with Crippen molar-refractivity contribution in [1.29, 1.82) is 0 Å². The van der Waals surface area contributed by atoms with Crippen molar-refractivity contribution in [3.05, 3.63) is 23.5 Å². The predicted octanol–water partition coefficient (Wildman–Crippen LogP) is 2.13. The summed E-state index contributed by atoms with van der Waals surface area (Å²) in [6, 6.07) is 1.96. The van der Waals surface area contributed by atoms with E-state index < -0.39 is 0 Å². The van der Waals surface area contributed by atoms with E-state index >= 15 is 0 Å². The summed E-state index contributed by atoms with van der Waals surface area (Å²) in [7, 11) is 0. The molecule has 0 bridgehead atoms. The third-order valence-electron chi connectivity index (χ3n) is 3.49. The lowest BCUT2D eigenvalue weighted by molar-refractivity contribution is 0.643. The third kappa shape index (κ3) is 1.37. The molecular formula is C12H16N4. The normalized spacial score (nSPS) is 17.9. The summed E-state index contributed by atoms with van der Waals surface area (Å²) in [6.45, 7) is 4.25. The summed E-state index contributed by atoms with van der Waals surface area (Å²) in [6.07, 6.45) is 4.46. The second kappa shape index (κ2) is 3.20. The molecular weight excluding hydrogens is 200 g/mol. The van der Waals surface area contributed by atoms with E-state index in [1.807, 2.05) is 19.2 Å². The predicted molar refractivity (Wildman–Crippen MR) is 63.3 cm³/mol. The minimum atomic E-state index is 0.515. The van der Waals surface area contributed by atoms with Crippen LogP contribution in [0.1, 0.15) is 36.9 Å². The van der Waals surface area contributed by atoms with Gasteiger partial charge in [0, 0.05) is 23.2 Å². The summed E-state index contributed by atoms with van der Waals surface area (Å²) in [5.41, 5.74) is 9.07. The first-order valence-electron chi connectivity index (χ1n) is 5.77. The van der Waals surface area contributed by atoms with Crippen LogP contribution in [0.3, 0.4) is 0 Å². The van der Waals surface area contributed by atoms with Gasteiger partial charge in [-0.25, -0.2) is 4.98 Å². The van der Waals surface area contributed by atoms with Gasteiger partial charge < -0.3 is 5.73 Å². The monoisotopic (exact) mass is 216 g/mol. The number of fused-ring (bicyclic) bond motifs is 1. The Morgan fingerprint density at radius 2 is 2.25 bits per heavy atom. The quantitative estimate of drug-likeness (QED) is 0.836. The van der Waals surface area contributed by atoms with Crippen LogP contribution in [0.4, 0.5) is 5.82 Å². The molecule has 1 aliphatic rings. The Morgan fingerprint density at radius 3 is 2.94 bits per heavy atom. The van der Waals surface area contributed by atoms with E-state index in [0.717, 1.165) is 22.8 Å². The van der Waals surface area contributed by atoms with Gasteiger partial charge in [0.15, 0.2) is 5.65 Å². The first-order valence-corrected chi connectivity index (χ1v) is 5.77. The second-order valence-corrected chi connectivity index (χ2v) is 4.79. The highest BCUT2D eigenvalue weighted by molar-refractivity contribution is 5.52. The maximum Gasteiger partial charge on any atom is 0.160 e. The molecule has 1 fully saturated rings. The topological polar surface area (TPSA) is 56.2 Å². The lowest BCUT2D eigenvalue weighted by Gasteiger charge is -2.11. The molecule has 4 heteroatoms. The standard InChI is InChI=1S/C12H16N4/c1-7-6-14-16-11(13)5-10(15-12(7)16)8(2)9-3-4-9/h5-6,8-9H,3-4,13H2,1-2H3. The van der Waals surface area contributed by atoms with E-state index in [9.17, 15) is 0 Å². The Balaban J connectivity index is 2.15. The molecule has 2 N–H and O–H groups in total. The van der Waals surface area contributed by atoms with Gasteiger partial charge in [-0.05, 0) is 25.7 Å². The van der Waals surface area contributed by atoms with Gasteiger partial charge in [0.25, 0.3) is 0 Å². The van der Waals surface area contributed by atoms with Crippen molar-refractivity contribution in [3.63, 3.8) is 0 Å². The van der Waals surface area contributed by atoms with Crippen molar-refractivity contribution in [2.24, 2.45) is 5.92 Å². The van der Waals surface area contributed by atoms with Gasteiger partial charge in [0.2, 0.25) is 0 Å². The van der Waals surface area contributed by atoms with Crippen LogP contribution in [0.25, 0.3) is 5.65 Å². The third-order valence-corrected chi connectivity index (χ3v) is 3.49. The molecule has 84 valence electrons. The van der Waals surface area contributed by atoms with Crippen LogP contribution >= 0.6 is 0 Å². The second-order valence-electron chi connectivity index (χ2n) is 4.79. The molecule has 0 aromatic carbocycles. The maximum atomic E-state index is 5.99. The number of hydrogen-bond donors (Lipinski definition) is 1. The SMILES string of the molecule is Cc1cnn2c(N)cc(C(C)C3CC3)nc12. The zero-order chi connectivity index (χ0) is 11.3. The summed E-state index contributed by atoms with van der Waals surface area (Å²) in [5, 5.41) is 4.21. The lowest BCUT2D eigenvalue weighted by Crippen LogP contribution is -2.06. The summed E-state index contributed by atoms with van der Waals surface area (Å²) < 4.78 is 1.71. The Hall–Kier alpha value is -1.58. The van der Waals surface area contributed by atoms with Crippen LogP contribution in [0.5, 0.6) is 0 Å². The van der Waals surface area contributed by atoms with Gasteiger partial charge in [-0.1, -0.05) is 6.92 Å². The van der Waals surface area contributed by atoms with E-state index in [-0.39, 0.29) is 0 Å². The zero-order valence-electron chi connectivity index (χ0n) is 9.64. The highest BCUT2D eigenvalue weighted by atomic mass is 15.3. The molecule has 0 amide bonds. The first-order chi connectivity index (χ1) is 7.66. The van der Waals surface area contributed by atoms with E-state index in [0.29, 0.717) is 11.7 Å². The van der Waals surface area contributed by atoms with E-state index in [1.54, 1.807) is 4.52 Å². The van der Waals surface area contributed by atoms with Crippen molar-refractivity contribution < 1.29 is 0 Å². The first kappa shape index (κ1) is 9.63. The summed E-state index contributed by atoms with van der Waals surface area (Å²) >= 11 is 0. The number of nitrogen functional groups attached to an aromatic ring is 1. The molecule has 1 atom stereocenters. The molecule has 2 heterocycles. The van der Waals surface area contributed by atoms with E-state index in [2.05, 4.69) is 17.0 Å². The minimum absolute atomic E-state index is 0.515. The van der Waals surface area contributed by atoms with E-state index in [4.69, 9.17) is 5.73 Å². The molecule has 0 radical (unpaired) electrons. The molecule has 1 aliphatic carbocycles. The molecule has 1 saturated carbocycles. The molecule has 0 spiro atoms. The fourth-order valence-electron chi connectivity index (χ4n) is 2.19. The molecule has 2 aromatic rings. The number of aromatic nitrogens is 3. The molecule has 16 heavy (non-hydrogen) atoms. The number of aryl methyl sites for hydroxylation is 1. The highest BCUT2D eigenvalue weighted by Crippen LogP contribution is 2.42. The molecule has 3 rings (SSSR count). The largest absolute Gasteiger partial charge is 0.384 e. The van der Waals surface area contributed by atoms with Gasteiger partial charge in [-0.2, -0.15) is 9.61 Å². The number of anilines is 1. The van der Waals surface area contributed by atoms with Crippen LogP contribution in [-0.2, 0) is 0 Å². The van der Waals surface area contributed by atoms with Crippen molar-refractivity contribution in [2.45, 2.75) is 32.6 Å². The lowest BCUT2D eigenvalue weighted by atomic mass is 10.0. The average Bonchev–Trinajstić information content (AvgIpc) is 3.04. The van der Waals surface area contributed by atoms with Crippen molar-refractivity contribution in [3.8, 4) is 0 Å². The van der Waals surface area contributed by atoms with Crippen molar-refractivity contribution in [1.82, 2.24) is 14.6 Å². The van der Waals surface area contributed by atoms with Gasteiger partial charge in [-0.15, -0.1) is 0 Å². The Bertz CT molecular complexity index is 539. The average molecular weight is 216 g/mol. The smallest absolute Gasteiger partial charge is 0.160 e. The van der Waals surface area contributed by atoms with Crippen LogP contribution in [0, 0.1) is 12.8 Å². The molecule has 0 saturated heterocycles. The fourth-order valence-corrected chi connectivity index (χ4v) is 2.19. The Kier molecular flexibility index (Phi) is 1.93. The summed E-state index contributed by atoms with van der Waals surface area (Å²) in [4.78, 5) is 4.68. The van der Waals surface area contributed by atoms with Gasteiger partial charge in [0.1, 0.15) is 5.82 Å². The number of nitrogens with two attached hydrogens (primary N) is 1. The van der Waals surface area contributed by atoms with Crippen LogP contribution < -0.4 is 5.73 Å². The van der Waals surface area contributed by atoms with Crippen LogP contribution in [0.2, 0.25) is 0 Å². The van der Waals surface area contributed by atoms with Crippen molar-refractivity contribution in [2.75, 3.05) is 5.73 Å². The molecule has 0 aliphatic heterocycles. The van der Waals surface area contributed by atoms with Crippen LogP contribution in [-0.4, -0.2) is 14.6 Å². The molecule has 4 nitrogen and oxygen atoms in total. The summed E-state index contributed by atoms with van der Waals surface area (Å²) in [5.74, 6) is 2.00. The van der Waals surface area contributed by atoms with Gasteiger partial charge in [-0.3, -0.25) is 0 Å². The fraction of sp³-hybridized carbons (Fsp3) is 0.500. The van der Waals surface area contributed by atoms with Crippen molar-refractivity contribution >= 4 is 11.5 Å². The molecule has 2 aromatic heterocycles. The van der Waals surface area contributed by atoms with Gasteiger partial charge in [0.05, 0.1) is 6.20 Å². The molecule has 1 unspecified atom stereocenters. The van der Waals surface area contributed by atoms with Crippen LogP contribution in [0.15, 0.2) is 12.3 Å².